The fraction of sp³-hybridized carbons (Fsp3) is 0.522. The minimum absolute atomic E-state index is 0.0332. The maximum atomic E-state index is 14.1. The van der Waals surface area contributed by atoms with E-state index in [1.165, 1.54) is 11.2 Å². The van der Waals surface area contributed by atoms with E-state index in [1.54, 1.807) is 12.1 Å². The lowest BCUT2D eigenvalue weighted by atomic mass is 9.83. The van der Waals surface area contributed by atoms with E-state index in [1.807, 2.05) is 0 Å². The summed E-state index contributed by atoms with van der Waals surface area (Å²) >= 11 is 7.48. The van der Waals surface area contributed by atoms with Crippen molar-refractivity contribution in [1.82, 2.24) is 20.2 Å². The van der Waals surface area contributed by atoms with Crippen LogP contribution in [0.3, 0.4) is 0 Å². The summed E-state index contributed by atoms with van der Waals surface area (Å²) in [5.41, 5.74) is 0.120. The van der Waals surface area contributed by atoms with Crippen LogP contribution in [0.2, 0.25) is 0 Å². The lowest BCUT2D eigenvalue weighted by molar-refractivity contribution is -0.139. The van der Waals surface area contributed by atoms with E-state index in [0.717, 1.165) is 49.6 Å². The average molecular weight is 507 g/mol. The molecule has 34 heavy (non-hydrogen) atoms. The molecule has 1 saturated carbocycles. The molecule has 1 N–H and O–H groups in total. The van der Waals surface area contributed by atoms with Crippen LogP contribution in [0, 0.1) is 11.7 Å². The molecular formula is C23H24ClFN4O4S. The van der Waals surface area contributed by atoms with Gasteiger partial charge in [0.25, 0.3) is 5.91 Å². The molecule has 0 aromatic carbocycles. The molecule has 3 aliphatic rings. The molecule has 1 aliphatic carbocycles. The van der Waals surface area contributed by atoms with Crippen LogP contribution in [0.5, 0.6) is 0 Å². The predicted molar refractivity (Wildman–Crippen MR) is 123 cm³/mol. The number of hydrogen-bond acceptors (Lipinski definition) is 7. The molecular weight excluding hydrogens is 483 g/mol. The first-order valence-corrected chi connectivity index (χ1v) is 12.6. The van der Waals surface area contributed by atoms with Gasteiger partial charge in [-0.25, -0.2) is 14.4 Å². The highest BCUT2D eigenvalue weighted by Gasteiger charge is 2.53. The molecule has 2 amide bonds. The molecule has 2 saturated heterocycles. The topological polar surface area (TPSA) is 101 Å². The number of carbonyl (C=O) groups excluding carboxylic acids is 3. The quantitative estimate of drug-likeness (QED) is 0.626. The molecule has 2 aromatic rings. The fourth-order valence-corrected chi connectivity index (χ4v) is 6.41. The largest absolute Gasteiger partial charge is 0.366 e. The third-order valence-corrected chi connectivity index (χ3v) is 8.29. The van der Waals surface area contributed by atoms with Gasteiger partial charge in [-0.2, -0.15) is 0 Å². The SMILES string of the molecule is O=C(NC(C(=O)N1CC(Cl)C2OCC(=O)C21)C1CCCCC1)c1ccc(-c2ncncc2F)s1. The second-order valence-electron chi connectivity index (χ2n) is 8.93. The van der Waals surface area contributed by atoms with Crippen molar-refractivity contribution in [3.05, 3.63) is 35.4 Å². The number of alkyl halides is 1. The monoisotopic (exact) mass is 506 g/mol. The van der Waals surface area contributed by atoms with Crippen LogP contribution < -0.4 is 5.32 Å². The summed E-state index contributed by atoms with van der Waals surface area (Å²) in [6.07, 6.45) is 6.49. The van der Waals surface area contributed by atoms with E-state index in [0.29, 0.717) is 9.75 Å². The van der Waals surface area contributed by atoms with Crippen LogP contribution in [-0.2, 0) is 14.3 Å². The molecule has 180 valence electrons. The lowest BCUT2D eigenvalue weighted by Crippen LogP contribution is -2.55. The first-order valence-electron chi connectivity index (χ1n) is 11.4. The third-order valence-electron chi connectivity index (χ3n) is 6.81. The predicted octanol–water partition coefficient (Wildman–Crippen LogP) is 2.81. The van der Waals surface area contributed by atoms with Crippen molar-refractivity contribution in [3.8, 4) is 10.6 Å². The maximum Gasteiger partial charge on any atom is 0.262 e. The number of halogens is 2. The van der Waals surface area contributed by atoms with Crippen molar-refractivity contribution < 1.29 is 23.5 Å². The van der Waals surface area contributed by atoms with Gasteiger partial charge in [0.1, 0.15) is 36.8 Å². The molecule has 11 heteroatoms. The minimum Gasteiger partial charge on any atom is -0.366 e. The Bertz CT molecular complexity index is 1110. The van der Waals surface area contributed by atoms with Crippen LogP contribution in [0.25, 0.3) is 10.6 Å². The van der Waals surface area contributed by atoms with Gasteiger partial charge in [0, 0.05) is 6.54 Å². The Hall–Kier alpha value is -2.43. The average Bonchev–Trinajstić information content (AvgIpc) is 3.56. The molecule has 5 rings (SSSR count). The lowest BCUT2D eigenvalue weighted by Gasteiger charge is -2.34. The molecule has 2 aromatic heterocycles. The Morgan fingerprint density at radius 3 is 2.82 bits per heavy atom. The number of thiophene rings is 1. The van der Waals surface area contributed by atoms with Gasteiger partial charge in [0.05, 0.1) is 21.3 Å². The summed E-state index contributed by atoms with van der Waals surface area (Å²) in [4.78, 5) is 49.2. The third kappa shape index (κ3) is 4.34. The van der Waals surface area contributed by atoms with Gasteiger partial charge in [0.2, 0.25) is 5.91 Å². The van der Waals surface area contributed by atoms with Gasteiger partial charge in [-0.05, 0) is 30.9 Å². The van der Waals surface area contributed by atoms with Gasteiger partial charge in [-0.15, -0.1) is 22.9 Å². The first kappa shape index (κ1) is 23.3. The minimum atomic E-state index is -0.773. The highest BCUT2D eigenvalue weighted by molar-refractivity contribution is 7.17. The normalized spacial score (nSPS) is 25.9. The van der Waals surface area contributed by atoms with E-state index in [-0.39, 0.29) is 36.5 Å². The zero-order valence-corrected chi connectivity index (χ0v) is 19.9. The number of aromatic nitrogens is 2. The van der Waals surface area contributed by atoms with E-state index in [9.17, 15) is 18.8 Å². The van der Waals surface area contributed by atoms with Crippen LogP contribution in [-0.4, -0.2) is 69.2 Å². The molecule has 8 nitrogen and oxygen atoms in total. The van der Waals surface area contributed by atoms with E-state index < -0.39 is 35.3 Å². The molecule has 2 aliphatic heterocycles. The number of carbonyl (C=O) groups is 3. The molecule has 0 radical (unpaired) electrons. The number of ether oxygens (including phenoxy) is 1. The molecule has 4 heterocycles. The maximum absolute atomic E-state index is 14.1. The van der Waals surface area contributed by atoms with Crippen molar-refractivity contribution in [2.24, 2.45) is 5.92 Å². The number of fused-ring (bicyclic) bond motifs is 1. The molecule has 3 fully saturated rings. The molecule has 0 bridgehead atoms. The van der Waals surface area contributed by atoms with Crippen LogP contribution in [0.15, 0.2) is 24.7 Å². The van der Waals surface area contributed by atoms with Crippen molar-refractivity contribution in [3.63, 3.8) is 0 Å². The summed E-state index contributed by atoms with van der Waals surface area (Å²) in [5, 5.41) is 2.46. The first-order chi connectivity index (χ1) is 16.4. The van der Waals surface area contributed by atoms with E-state index in [2.05, 4.69) is 15.3 Å². The Morgan fingerprint density at radius 1 is 1.26 bits per heavy atom. The highest BCUT2D eigenvalue weighted by Crippen LogP contribution is 2.34. The summed E-state index contributed by atoms with van der Waals surface area (Å²) in [6.45, 7) is 0.150. The Labute approximate surface area is 204 Å². The fourth-order valence-electron chi connectivity index (χ4n) is 5.14. The summed E-state index contributed by atoms with van der Waals surface area (Å²) in [5.74, 6) is -1.48. The van der Waals surface area contributed by atoms with Crippen molar-refractivity contribution in [1.29, 1.82) is 0 Å². The van der Waals surface area contributed by atoms with Crippen LogP contribution >= 0.6 is 22.9 Å². The van der Waals surface area contributed by atoms with E-state index in [4.69, 9.17) is 16.3 Å². The second-order valence-corrected chi connectivity index (χ2v) is 10.6. The number of rotatable bonds is 5. The summed E-state index contributed by atoms with van der Waals surface area (Å²) in [6, 6.07) is 1.74. The number of hydrogen-bond donors (Lipinski definition) is 1. The van der Waals surface area contributed by atoms with Crippen LogP contribution in [0.1, 0.15) is 41.8 Å². The standard InChI is InChI=1S/C23H24ClFN4O4S/c24-13-9-29(20-15(30)10-33-21(13)20)23(32)18(12-4-2-1-3-5-12)28-22(31)17-7-6-16(34-17)19-14(25)8-26-11-27-19/h6-8,11-13,18,20-21H,1-5,9-10H2,(H,28,31). The van der Waals surface area contributed by atoms with Gasteiger partial charge in [-0.1, -0.05) is 19.3 Å². The summed E-state index contributed by atoms with van der Waals surface area (Å²) < 4.78 is 19.6. The number of Topliss-reactive ketones (excluding diaryl/α,β-unsaturated/α-hetero) is 1. The van der Waals surface area contributed by atoms with E-state index >= 15 is 0 Å². The van der Waals surface area contributed by atoms with Gasteiger partial charge >= 0.3 is 0 Å². The Kier molecular flexibility index (Phi) is 6.63. The second kappa shape index (κ2) is 9.67. The van der Waals surface area contributed by atoms with Crippen LogP contribution in [0.4, 0.5) is 4.39 Å². The Balaban J connectivity index is 1.38. The Morgan fingerprint density at radius 2 is 2.06 bits per heavy atom. The summed E-state index contributed by atoms with van der Waals surface area (Å²) in [7, 11) is 0. The molecule has 4 unspecified atom stereocenters. The van der Waals surface area contributed by atoms with Crippen molar-refractivity contribution in [2.75, 3.05) is 13.2 Å². The van der Waals surface area contributed by atoms with Crippen molar-refractivity contribution >= 4 is 40.5 Å². The number of nitrogens with zero attached hydrogens (tertiary/aromatic N) is 3. The van der Waals surface area contributed by atoms with Gasteiger partial charge < -0.3 is 15.0 Å². The zero-order chi connectivity index (χ0) is 23.8. The van der Waals surface area contributed by atoms with Gasteiger partial charge in [0.15, 0.2) is 11.6 Å². The molecule has 4 atom stereocenters. The number of likely N-dealkylation sites (tertiary alicyclic amines) is 1. The molecule has 0 spiro atoms. The number of ketones is 1. The smallest absolute Gasteiger partial charge is 0.262 e. The van der Waals surface area contributed by atoms with Crippen molar-refractivity contribution in [2.45, 2.75) is 55.7 Å². The highest BCUT2D eigenvalue weighted by atomic mass is 35.5. The zero-order valence-electron chi connectivity index (χ0n) is 18.3. The number of amides is 2. The number of nitrogens with one attached hydrogen (secondary N) is 1. The van der Waals surface area contributed by atoms with Gasteiger partial charge in [-0.3, -0.25) is 14.4 Å².